The van der Waals surface area contributed by atoms with E-state index in [0.717, 1.165) is 37.1 Å². The van der Waals surface area contributed by atoms with Gasteiger partial charge < -0.3 is 10.4 Å². The molecule has 5 heteroatoms. The molecule has 1 aromatic rings. The molecule has 0 unspecified atom stereocenters. The van der Waals surface area contributed by atoms with Gasteiger partial charge in [-0.1, -0.05) is 25.7 Å². The zero-order valence-electron chi connectivity index (χ0n) is 11.2. The van der Waals surface area contributed by atoms with E-state index in [2.05, 4.69) is 20.5 Å². The molecule has 1 aromatic heterocycles. The van der Waals surface area contributed by atoms with Crippen molar-refractivity contribution >= 4 is 5.95 Å². The Morgan fingerprint density at radius 3 is 2.33 bits per heavy atom. The highest BCUT2D eigenvalue weighted by Crippen LogP contribution is 2.26. The number of nitrogens with zero attached hydrogens (tertiary/aromatic N) is 3. The largest absolute Gasteiger partial charge is 0.388 e. The van der Waals surface area contributed by atoms with Gasteiger partial charge in [-0.25, -0.2) is 4.98 Å². The Morgan fingerprint density at radius 2 is 1.72 bits per heavy atom. The third kappa shape index (κ3) is 3.38. The number of aliphatic hydroxyl groups is 1. The van der Waals surface area contributed by atoms with Crippen LogP contribution in [0.1, 0.15) is 49.9 Å². The van der Waals surface area contributed by atoms with Crippen LogP contribution in [0.3, 0.4) is 0 Å². The summed E-state index contributed by atoms with van der Waals surface area (Å²) in [5, 5.41) is 21.6. The highest BCUT2D eigenvalue weighted by molar-refractivity contribution is 5.25. The minimum atomic E-state index is -0.612. The molecule has 0 saturated heterocycles. The fourth-order valence-corrected chi connectivity index (χ4v) is 2.34. The average molecular weight is 250 g/mol. The van der Waals surface area contributed by atoms with E-state index in [1.54, 1.807) is 0 Å². The summed E-state index contributed by atoms with van der Waals surface area (Å²) >= 11 is 0. The van der Waals surface area contributed by atoms with Crippen LogP contribution in [-0.2, 0) is 0 Å². The summed E-state index contributed by atoms with van der Waals surface area (Å²) < 4.78 is 0. The molecule has 1 fully saturated rings. The standard InChI is InChI=1S/C13H22N4O/c1-10-11(2)16-17-12(15-10)14-9-13(18)7-5-3-4-6-8-13/h18H,3-9H2,1-2H3,(H,14,15,17). The maximum Gasteiger partial charge on any atom is 0.243 e. The Morgan fingerprint density at radius 1 is 1.06 bits per heavy atom. The van der Waals surface area contributed by atoms with Gasteiger partial charge >= 0.3 is 0 Å². The molecule has 100 valence electrons. The van der Waals surface area contributed by atoms with E-state index in [-0.39, 0.29) is 0 Å². The van der Waals surface area contributed by atoms with Crippen LogP contribution in [0.15, 0.2) is 0 Å². The fourth-order valence-electron chi connectivity index (χ4n) is 2.34. The molecule has 5 nitrogen and oxygen atoms in total. The van der Waals surface area contributed by atoms with Crippen molar-refractivity contribution in [1.82, 2.24) is 15.2 Å². The third-order valence-electron chi connectivity index (χ3n) is 3.70. The van der Waals surface area contributed by atoms with Crippen LogP contribution in [0.2, 0.25) is 0 Å². The summed E-state index contributed by atoms with van der Waals surface area (Å²) in [5.74, 6) is 0.510. The normalized spacial score (nSPS) is 19.3. The number of anilines is 1. The van der Waals surface area contributed by atoms with E-state index >= 15 is 0 Å². The first-order valence-electron chi connectivity index (χ1n) is 6.73. The Bertz CT molecular complexity index is 400. The second-order valence-corrected chi connectivity index (χ2v) is 5.30. The molecule has 1 heterocycles. The summed E-state index contributed by atoms with van der Waals surface area (Å²) in [6.45, 7) is 4.31. The van der Waals surface area contributed by atoms with Crippen molar-refractivity contribution in [1.29, 1.82) is 0 Å². The summed E-state index contributed by atoms with van der Waals surface area (Å²) in [6.07, 6.45) is 6.37. The molecule has 0 aliphatic heterocycles. The van der Waals surface area contributed by atoms with Crippen LogP contribution in [0.4, 0.5) is 5.95 Å². The van der Waals surface area contributed by atoms with Crippen LogP contribution < -0.4 is 5.32 Å². The third-order valence-corrected chi connectivity index (χ3v) is 3.70. The van der Waals surface area contributed by atoms with E-state index in [9.17, 15) is 5.11 Å². The monoisotopic (exact) mass is 250 g/mol. The SMILES string of the molecule is Cc1nnc(NCC2(O)CCCCCC2)nc1C. The molecular weight excluding hydrogens is 228 g/mol. The highest BCUT2D eigenvalue weighted by atomic mass is 16.3. The number of rotatable bonds is 3. The average Bonchev–Trinajstić information content (AvgIpc) is 2.56. The van der Waals surface area contributed by atoms with Crippen LogP contribution in [0.5, 0.6) is 0 Å². The molecule has 18 heavy (non-hydrogen) atoms. The molecule has 2 rings (SSSR count). The van der Waals surface area contributed by atoms with Crippen molar-refractivity contribution in [3.8, 4) is 0 Å². The number of aromatic nitrogens is 3. The second kappa shape index (κ2) is 5.61. The number of hydrogen-bond acceptors (Lipinski definition) is 5. The lowest BCUT2D eigenvalue weighted by Crippen LogP contribution is -2.36. The van der Waals surface area contributed by atoms with Crippen molar-refractivity contribution in [2.45, 2.75) is 58.0 Å². The Hall–Kier alpha value is -1.23. The lowest BCUT2D eigenvalue weighted by molar-refractivity contribution is 0.0379. The second-order valence-electron chi connectivity index (χ2n) is 5.30. The molecule has 0 atom stereocenters. The lowest BCUT2D eigenvalue weighted by Gasteiger charge is -2.26. The molecule has 0 bridgehead atoms. The predicted molar refractivity (Wildman–Crippen MR) is 70.4 cm³/mol. The van der Waals surface area contributed by atoms with Crippen LogP contribution in [0, 0.1) is 13.8 Å². The van der Waals surface area contributed by atoms with Crippen LogP contribution >= 0.6 is 0 Å². The van der Waals surface area contributed by atoms with Crippen molar-refractivity contribution in [3.05, 3.63) is 11.4 Å². The maximum absolute atomic E-state index is 10.5. The van der Waals surface area contributed by atoms with E-state index in [0.29, 0.717) is 12.5 Å². The first-order valence-corrected chi connectivity index (χ1v) is 6.73. The van der Waals surface area contributed by atoms with Gasteiger partial charge in [-0.2, -0.15) is 5.10 Å². The molecular formula is C13H22N4O. The molecule has 1 saturated carbocycles. The molecule has 1 aliphatic rings. The molecule has 1 aliphatic carbocycles. The zero-order valence-corrected chi connectivity index (χ0v) is 11.2. The van der Waals surface area contributed by atoms with E-state index in [4.69, 9.17) is 0 Å². The van der Waals surface area contributed by atoms with Gasteiger partial charge in [0.2, 0.25) is 5.95 Å². The Labute approximate surface area is 108 Å². The van der Waals surface area contributed by atoms with Crippen LogP contribution in [0.25, 0.3) is 0 Å². The molecule has 0 amide bonds. The Balaban J connectivity index is 1.95. The number of hydrogen-bond donors (Lipinski definition) is 2. The van der Waals surface area contributed by atoms with Gasteiger partial charge in [0.25, 0.3) is 0 Å². The topological polar surface area (TPSA) is 70.9 Å². The van der Waals surface area contributed by atoms with Gasteiger partial charge in [-0.15, -0.1) is 5.10 Å². The van der Waals surface area contributed by atoms with Crippen molar-refractivity contribution < 1.29 is 5.11 Å². The summed E-state index contributed by atoms with van der Waals surface area (Å²) in [6, 6.07) is 0. The van der Waals surface area contributed by atoms with E-state index in [1.165, 1.54) is 12.8 Å². The number of nitrogens with one attached hydrogen (secondary N) is 1. The van der Waals surface area contributed by atoms with E-state index in [1.807, 2.05) is 13.8 Å². The minimum Gasteiger partial charge on any atom is -0.388 e. The van der Waals surface area contributed by atoms with Gasteiger partial charge in [0.15, 0.2) is 0 Å². The Kier molecular flexibility index (Phi) is 4.11. The summed E-state index contributed by atoms with van der Waals surface area (Å²) in [5.41, 5.74) is 1.10. The quantitative estimate of drug-likeness (QED) is 0.803. The highest BCUT2D eigenvalue weighted by Gasteiger charge is 2.27. The summed E-state index contributed by atoms with van der Waals surface area (Å²) in [7, 11) is 0. The first-order chi connectivity index (χ1) is 8.59. The lowest BCUT2D eigenvalue weighted by atomic mass is 9.95. The smallest absolute Gasteiger partial charge is 0.243 e. The van der Waals surface area contributed by atoms with Gasteiger partial charge in [-0.3, -0.25) is 0 Å². The maximum atomic E-state index is 10.5. The molecule has 0 radical (unpaired) electrons. The molecule has 2 N–H and O–H groups in total. The van der Waals surface area contributed by atoms with Gasteiger partial charge in [0.05, 0.1) is 17.0 Å². The first kappa shape index (κ1) is 13.2. The fraction of sp³-hybridized carbons (Fsp3) is 0.769. The van der Waals surface area contributed by atoms with E-state index < -0.39 is 5.60 Å². The predicted octanol–water partition coefficient (Wildman–Crippen LogP) is 1.99. The van der Waals surface area contributed by atoms with Crippen molar-refractivity contribution in [2.24, 2.45) is 0 Å². The molecule has 0 spiro atoms. The van der Waals surface area contributed by atoms with Crippen molar-refractivity contribution in [3.63, 3.8) is 0 Å². The number of aryl methyl sites for hydroxylation is 2. The van der Waals surface area contributed by atoms with Gasteiger partial charge in [0.1, 0.15) is 0 Å². The zero-order chi connectivity index (χ0) is 13.0. The summed E-state index contributed by atoms with van der Waals surface area (Å²) in [4.78, 5) is 4.32. The van der Waals surface area contributed by atoms with Crippen molar-refractivity contribution in [2.75, 3.05) is 11.9 Å². The van der Waals surface area contributed by atoms with Gasteiger partial charge in [-0.05, 0) is 26.7 Å². The minimum absolute atomic E-state index is 0.510. The van der Waals surface area contributed by atoms with Crippen LogP contribution in [-0.4, -0.2) is 32.4 Å². The molecule has 0 aromatic carbocycles. The van der Waals surface area contributed by atoms with Gasteiger partial charge in [0, 0.05) is 6.54 Å².